The Morgan fingerprint density at radius 2 is 1.78 bits per heavy atom. The molecule has 0 unspecified atom stereocenters. The van der Waals surface area contributed by atoms with Gasteiger partial charge in [0, 0.05) is 30.7 Å². The van der Waals surface area contributed by atoms with E-state index in [1.54, 1.807) is 13.2 Å². The molecule has 27 heavy (non-hydrogen) atoms. The van der Waals surface area contributed by atoms with Crippen molar-refractivity contribution in [2.75, 3.05) is 33.4 Å². The quantitative estimate of drug-likeness (QED) is 0.676. The maximum Gasteiger partial charge on any atom is 0.164 e. The minimum Gasteiger partial charge on any atom is -0.493 e. The van der Waals surface area contributed by atoms with Gasteiger partial charge in [-0.05, 0) is 56.2 Å². The third-order valence-corrected chi connectivity index (χ3v) is 5.13. The smallest absolute Gasteiger partial charge is 0.164 e. The maximum absolute atomic E-state index is 13.4. The third-order valence-electron chi connectivity index (χ3n) is 4.88. The van der Waals surface area contributed by atoms with Crippen LogP contribution in [0.25, 0.3) is 0 Å². The molecule has 146 valence electrons. The first-order valence-corrected chi connectivity index (χ1v) is 9.48. The number of rotatable bonds is 7. The minimum atomic E-state index is -0.334. The van der Waals surface area contributed by atoms with Crippen LogP contribution in [0, 0.1) is 5.82 Å². The molecule has 0 aromatic heterocycles. The Bertz CT molecular complexity index is 746. The number of nitrogens with zero attached hydrogens (tertiary/aromatic N) is 1. The molecule has 1 fully saturated rings. The summed E-state index contributed by atoms with van der Waals surface area (Å²) in [5, 5.41) is 0.706. The van der Waals surface area contributed by atoms with Crippen LogP contribution in [0.3, 0.4) is 0 Å². The molecule has 1 aliphatic heterocycles. The van der Waals surface area contributed by atoms with Gasteiger partial charge < -0.3 is 14.2 Å². The molecule has 3 rings (SSSR count). The lowest BCUT2D eigenvalue weighted by atomic mass is 9.93. The second-order valence-electron chi connectivity index (χ2n) is 6.99. The molecular formula is C21H25ClFNO3. The molecule has 1 saturated heterocycles. The van der Waals surface area contributed by atoms with Crippen molar-refractivity contribution >= 4 is 11.6 Å². The SMILES string of the molecule is COc1ccc(F)cc1OCCN1CCC(C)(Oc2ccc(Cl)cc2)CC1. The number of piperidine rings is 1. The van der Waals surface area contributed by atoms with Gasteiger partial charge in [0.2, 0.25) is 0 Å². The fourth-order valence-electron chi connectivity index (χ4n) is 3.19. The fourth-order valence-corrected chi connectivity index (χ4v) is 3.31. The number of hydrogen-bond acceptors (Lipinski definition) is 4. The van der Waals surface area contributed by atoms with Crippen LogP contribution in [0.1, 0.15) is 19.8 Å². The van der Waals surface area contributed by atoms with E-state index in [1.165, 1.54) is 12.1 Å². The van der Waals surface area contributed by atoms with Crippen molar-refractivity contribution in [2.24, 2.45) is 0 Å². The van der Waals surface area contributed by atoms with Crippen molar-refractivity contribution in [3.8, 4) is 17.2 Å². The lowest BCUT2D eigenvalue weighted by Gasteiger charge is -2.39. The highest BCUT2D eigenvalue weighted by Gasteiger charge is 2.31. The molecule has 0 saturated carbocycles. The Morgan fingerprint density at radius 1 is 1.07 bits per heavy atom. The van der Waals surface area contributed by atoms with E-state index in [0.29, 0.717) is 23.1 Å². The summed E-state index contributed by atoms with van der Waals surface area (Å²) < 4.78 is 30.5. The van der Waals surface area contributed by atoms with Gasteiger partial charge in [-0.15, -0.1) is 0 Å². The first kappa shape index (κ1) is 19.8. The van der Waals surface area contributed by atoms with Gasteiger partial charge >= 0.3 is 0 Å². The van der Waals surface area contributed by atoms with E-state index < -0.39 is 0 Å². The van der Waals surface area contributed by atoms with E-state index in [4.69, 9.17) is 25.8 Å². The monoisotopic (exact) mass is 393 g/mol. The van der Waals surface area contributed by atoms with Crippen molar-refractivity contribution in [2.45, 2.75) is 25.4 Å². The highest BCUT2D eigenvalue weighted by atomic mass is 35.5. The Morgan fingerprint density at radius 3 is 2.44 bits per heavy atom. The van der Waals surface area contributed by atoms with Crippen LogP contribution in [-0.2, 0) is 0 Å². The number of benzene rings is 2. The number of halogens is 2. The van der Waals surface area contributed by atoms with Crippen LogP contribution in [-0.4, -0.2) is 43.9 Å². The van der Waals surface area contributed by atoms with Gasteiger partial charge in [-0.1, -0.05) is 11.6 Å². The van der Waals surface area contributed by atoms with Crippen LogP contribution in [0.4, 0.5) is 4.39 Å². The minimum absolute atomic E-state index is 0.184. The number of likely N-dealkylation sites (tertiary alicyclic amines) is 1. The normalized spacial score (nSPS) is 16.7. The summed E-state index contributed by atoms with van der Waals surface area (Å²) in [7, 11) is 1.55. The molecule has 0 spiro atoms. The molecule has 0 bridgehead atoms. The van der Waals surface area contributed by atoms with Crippen LogP contribution in [0.15, 0.2) is 42.5 Å². The van der Waals surface area contributed by atoms with Crippen molar-refractivity contribution in [1.29, 1.82) is 0 Å². The zero-order valence-corrected chi connectivity index (χ0v) is 16.5. The summed E-state index contributed by atoms with van der Waals surface area (Å²) in [6.07, 6.45) is 1.86. The molecule has 4 nitrogen and oxygen atoms in total. The highest BCUT2D eigenvalue weighted by molar-refractivity contribution is 6.30. The predicted octanol–water partition coefficient (Wildman–Crippen LogP) is 4.80. The number of methoxy groups -OCH3 is 1. The fraction of sp³-hybridized carbons (Fsp3) is 0.429. The number of ether oxygens (including phenoxy) is 3. The third kappa shape index (κ3) is 5.50. The summed E-state index contributed by atoms with van der Waals surface area (Å²) in [6.45, 7) is 5.25. The lowest BCUT2D eigenvalue weighted by molar-refractivity contribution is 0.0135. The van der Waals surface area contributed by atoms with Gasteiger partial charge in [0.1, 0.15) is 23.8 Å². The molecule has 2 aromatic carbocycles. The van der Waals surface area contributed by atoms with Gasteiger partial charge in [-0.2, -0.15) is 0 Å². The first-order chi connectivity index (χ1) is 13.0. The van der Waals surface area contributed by atoms with Gasteiger partial charge in [0.25, 0.3) is 0 Å². The second-order valence-corrected chi connectivity index (χ2v) is 7.43. The highest BCUT2D eigenvalue weighted by Crippen LogP contribution is 2.30. The van der Waals surface area contributed by atoms with E-state index >= 15 is 0 Å². The molecule has 0 atom stereocenters. The second kappa shape index (κ2) is 8.81. The van der Waals surface area contributed by atoms with Crippen molar-refractivity contribution < 1.29 is 18.6 Å². The molecule has 1 aliphatic rings. The van der Waals surface area contributed by atoms with Crippen LogP contribution >= 0.6 is 11.6 Å². The van der Waals surface area contributed by atoms with Gasteiger partial charge in [-0.25, -0.2) is 4.39 Å². The van der Waals surface area contributed by atoms with Crippen LogP contribution in [0.2, 0.25) is 5.02 Å². The average molecular weight is 394 g/mol. The Kier molecular flexibility index (Phi) is 6.45. The van der Waals surface area contributed by atoms with Crippen molar-refractivity contribution in [1.82, 2.24) is 4.90 Å². The lowest BCUT2D eigenvalue weighted by Crippen LogP contribution is -2.47. The zero-order valence-electron chi connectivity index (χ0n) is 15.7. The zero-order chi connectivity index (χ0) is 19.3. The molecule has 2 aromatic rings. The summed E-state index contributed by atoms with van der Waals surface area (Å²) in [4.78, 5) is 2.33. The van der Waals surface area contributed by atoms with E-state index in [9.17, 15) is 4.39 Å². The predicted molar refractivity (Wildman–Crippen MR) is 105 cm³/mol. The Balaban J connectivity index is 1.45. The summed E-state index contributed by atoms with van der Waals surface area (Å²) in [5.74, 6) is 1.49. The molecule has 0 N–H and O–H groups in total. The van der Waals surface area contributed by atoms with E-state index in [0.717, 1.165) is 38.2 Å². The Hall–Kier alpha value is -1.98. The van der Waals surface area contributed by atoms with Crippen molar-refractivity contribution in [3.63, 3.8) is 0 Å². The molecule has 0 amide bonds. The van der Waals surface area contributed by atoms with Crippen LogP contribution < -0.4 is 14.2 Å². The first-order valence-electron chi connectivity index (χ1n) is 9.11. The topological polar surface area (TPSA) is 30.9 Å². The molecule has 0 radical (unpaired) electrons. The summed E-state index contributed by atoms with van der Waals surface area (Å²) in [6, 6.07) is 11.8. The summed E-state index contributed by atoms with van der Waals surface area (Å²) in [5.41, 5.74) is -0.184. The largest absolute Gasteiger partial charge is 0.493 e. The van der Waals surface area contributed by atoms with E-state index in [-0.39, 0.29) is 11.4 Å². The van der Waals surface area contributed by atoms with Gasteiger partial charge in [0.15, 0.2) is 11.5 Å². The van der Waals surface area contributed by atoms with Crippen LogP contribution in [0.5, 0.6) is 17.2 Å². The van der Waals surface area contributed by atoms with Gasteiger partial charge in [0.05, 0.1) is 7.11 Å². The van der Waals surface area contributed by atoms with Crippen molar-refractivity contribution in [3.05, 3.63) is 53.3 Å². The van der Waals surface area contributed by atoms with E-state index in [1.807, 2.05) is 24.3 Å². The maximum atomic E-state index is 13.4. The average Bonchev–Trinajstić information content (AvgIpc) is 2.66. The standard InChI is InChI=1S/C21H25ClFNO3/c1-21(27-18-6-3-16(22)4-7-18)9-11-24(12-10-21)13-14-26-20-15-17(23)5-8-19(20)25-2/h3-8,15H,9-14H2,1-2H3. The Labute approximate surface area is 164 Å². The summed E-state index contributed by atoms with van der Waals surface area (Å²) >= 11 is 5.93. The molecule has 0 aliphatic carbocycles. The van der Waals surface area contributed by atoms with E-state index in [2.05, 4.69) is 11.8 Å². The molecule has 6 heteroatoms. The number of hydrogen-bond donors (Lipinski definition) is 0. The van der Waals surface area contributed by atoms with Gasteiger partial charge in [-0.3, -0.25) is 4.90 Å². The molecule has 1 heterocycles. The molecular weight excluding hydrogens is 369 g/mol.